The molecule has 1 aliphatic heterocycles. The fourth-order valence-electron chi connectivity index (χ4n) is 3.19. The molecule has 0 saturated carbocycles. The lowest BCUT2D eigenvalue weighted by atomic mass is 10.0. The molecule has 1 aliphatic rings. The number of hydrogen-bond donors (Lipinski definition) is 1. The molecule has 10 heteroatoms. The van der Waals surface area contributed by atoms with Gasteiger partial charge in [0.25, 0.3) is 5.91 Å². The number of ether oxygens (including phenoxy) is 1. The van der Waals surface area contributed by atoms with Crippen molar-refractivity contribution in [1.29, 1.82) is 0 Å². The summed E-state index contributed by atoms with van der Waals surface area (Å²) in [6.45, 7) is 6.13. The topological polar surface area (TPSA) is 96.0 Å². The van der Waals surface area contributed by atoms with Gasteiger partial charge in [-0.25, -0.2) is 17.5 Å². The third-order valence-corrected chi connectivity index (χ3v) is 7.00. The Bertz CT molecular complexity index is 896. The quantitative estimate of drug-likeness (QED) is 0.729. The van der Waals surface area contributed by atoms with Crippen LogP contribution in [0.4, 0.5) is 4.79 Å². The molecule has 1 atom stereocenters. The zero-order valence-electron chi connectivity index (χ0n) is 18.1. The van der Waals surface area contributed by atoms with Gasteiger partial charge in [-0.2, -0.15) is 0 Å². The molecule has 1 aromatic rings. The Labute approximate surface area is 183 Å². The van der Waals surface area contributed by atoms with Crippen molar-refractivity contribution < 1.29 is 22.7 Å². The summed E-state index contributed by atoms with van der Waals surface area (Å²) < 4.78 is 31.3. The number of hydrogen-bond acceptors (Lipinski definition) is 5. The van der Waals surface area contributed by atoms with Gasteiger partial charge in [-0.3, -0.25) is 4.79 Å². The van der Waals surface area contributed by atoms with E-state index in [1.165, 1.54) is 32.3 Å². The van der Waals surface area contributed by atoms with Crippen LogP contribution in [0.25, 0.3) is 0 Å². The first-order valence-corrected chi connectivity index (χ1v) is 11.6. The number of nitrogens with one attached hydrogen (secondary N) is 1. The van der Waals surface area contributed by atoms with E-state index in [-0.39, 0.29) is 34.0 Å². The molecule has 1 unspecified atom stereocenters. The average molecular weight is 460 g/mol. The van der Waals surface area contributed by atoms with E-state index in [0.717, 1.165) is 23.6 Å². The summed E-state index contributed by atoms with van der Waals surface area (Å²) in [4.78, 5) is 26.7. The van der Waals surface area contributed by atoms with E-state index in [1.807, 2.05) is 0 Å². The third-order valence-electron chi connectivity index (χ3n) is 4.71. The van der Waals surface area contributed by atoms with E-state index >= 15 is 0 Å². The average Bonchev–Trinajstić information content (AvgIpc) is 2.64. The summed E-state index contributed by atoms with van der Waals surface area (Å²) in [5.41, 5.74) is -0.368. The monoisotopic (exact) mass is 459 g/mol. The lowest BCUT2D eigenvalue weighted by Gasteiger charge is -2.36. The van der Waals surface area contributed by atoms with Gasteiger partial charge in [0.1, 0.15) is 10.5 Å². The molecule has 1 fully saturated rings. The third kappa shape index (κ3) is 6.09. The first-order chi connectivity index (χ1) is 13.8. The predicted molar refractivity (Wildman–Crippen MR) is 115 cm³/mol. The molecule has 0 spiro atoms. The first-order valence-electron chi connectivity index (χ1n) is 9.83. The van der Waals surface area contributed by atoms with Crippen LogP contribution in [-0.4, -0.2) is 68.5 Å². The second kappa shape index (κ2) is 9.53. The Balaban J connectivity index is 2.20. The van der Waals surface area contributed by atoms with Crippen LogP contribution in [0.3, 0.4) is 0 Å². The van der Waals surface area contributed by atoms with E-state index in [9.17, 15) is 18.0 Å². The summed E-state index contributed by atoms with van der Waals surface area (Å²) in [7, 11) is -0.978. The van der Waals surface area contributed by atoms with Crippen LogP contribution in [0.1, 0.15) is 50.4 Å². The number of nitrogens with zero attached hydrogens (tertiary/aromatic N) is 2. The van der Waals surface area contributed by atoms with Crippen LogP contribution < -0.4 is 5.32 Å². The van der Waals surface area contributed by atoms with Crippen LogP contribution in [-0.2, 0) is 14.8 Å². The molecule has 2 rings (SSSR count). The minimum absolute atomic E-state index is 0.0574. The molecule has 0 radical (unpaired) electrons. The van der Waals surface area contributed by atoms with Crippen LogP contribution in [0.2, 0.25) is 5.02 Å². The number of sulfonamides is 1. The molecule has 30 heavy (non-hydrogen) atoms. The maximum atomic E-state index is 13.2. The SMILES string of the molecule is CN(C)S(=O)(=O)c1cc(C(=O)N2CCCCC2CNC(=O)OC(C)(C)C)ccc1Cl. The van der Waals surface area contributed by atoms with Crippen molar-refractivity contribution in [3.63, 3.8) is 0 Å². The number of alkyl carbamates (subject to hydrolysis) is 1. The van der Waals surface area contributed by atoms with Gasteiger partial charge in [-0.15, -0.1) is 0 Å². The number of carbonyl (C=O) groups excluding carboxylic acids is 2. The van der Waals surface area contributed by atoms with E-state index < -0.39 is 21.7 Å². The number of amides is 2. The summed E-state index contributed by atoms with van der Waals surface area (Å²) in [6.07, 6.45) is 1.97. The summed E-state index contributed by atoms with van der Waals surface area (Å²) in [6, 6.07) is 4.05. The van der Waals surface area contributed by atoms with Gasteiger partial charge in [-0.05, 0) is 58.2 Å². The number of rotatable bonds is 5. The Hall–Kier alpha value is -1.84. The number of halogens is 1. The van der Waals surface area contributed by atoms with Crippen molar-refractivity contribution >= 4 is 33.6 Å². The molecule has 1 N–H and O–H groups in total. The van der Waals surface area contributed by atoms with Gasteiger partial charge in [0.15, 0.2) is 0 Å². The predicted octanol–water partition coefficient (Wildman–Crippen LogP) is 3.11. The molecule has 2 amide bonds. The van der Waals surface area contributed by atoms with Gasteiger partial charge >= 0.3 is 6.09 Å². The Morgan fingerprint density at radius 1 is 1.27 bits per heavy atom. The highest BCUT2D eigenvalue weighted by Crippen LogP contribution is 2.27. The zero-order chi connectivity index (χ0) is 22.7. The molecule has 0 aromatic heterocycles. The van der Waals surface area contributed by atoms with Crippen molar-refractivity contribution in [2.75, 3.05) is 27.2 Å². The highest BCUT2D eigenvalue weighted by molar-refractivity contribution is 7.89. The fraction of sp³-hybridized carbons (Fsp3) is 0.600. The van der Waals surface area contributed by atoms with Gasteiger partial charge in [0.2, 0.25) is 10.0 Å². The maximum absolute atomic E-state index is 13.2. The molecular formula is C20H30ClN3O5S. The lowest BCUT2D eigenvalue weighted by molar-refractivity contribution is 0.0462. The molecule has 0 bridgehead atoms. The summed E-state index contributed by atoms with van der Waals surface area (Å²) in [5.74, 6) is -0.294. The van der Waals surface area contributed by atoms with Crippen molar-refractivity contribution in [2.24, 2.45) is 0 Å². The Kier molecular flexibility index (Phi) is 7.76. The highest BCUT2D eigenvalue weighted by Gasteiger charge is 2.30. The minimum atomic E-state index is -3.79. The van der Waals surface area contributed by atoms with Crippen molar-refractivity contribution in [1.82, 2.24) is 14.5 Å². The van der Waals surface area contributed by atoms with Crippen molar-refractivity contribution in [3.05, 3.63) is 28.8 Å². The maximum Gasteiger partial charge on any atom is 0.407 e. The molecule has 168 valence electrons. The van der Waals surface area contributed by atoms with Gasteiger partial charge in [-0.1, -0.05) is 11.6 Å². The van der Waals surface area contributed by atoms with Crippen molar-refractivity contribution in [3.8, 4) is 0 Å². The zero-order valence-corrected chi connectivity index (χ0v) is 19.6. The van der Waals surface area contributed by atoms with Crippen LogP contribution in [0.5, 0.6) is 0 Å². The van der Waals surface area contributed by atoms with E-state index in [4.69, 9.17) is 16.3 Å². The number of piperidine rings is 1. The van der Waals surface area contributed by atoms with Crippen molar-refractivity contribution in [2.45, 2.75) is 56.6 Å². The molecule has 1 aromatic carbocycles. The number of benzene rings is 1. The largest absolute Gasteiger partial charge is 0.444 e. The molecule has 8 nitrogen and oxygen atoms in total. The smallest absolute Gasteiger partial charge is 0.407 e. The Morgan fingerprint density at radius 2 is 1.93 bits per heavy atom. The van der Waals surface area contributed by atoms with Crippen LogP contribution >= 0.6 is 11.6 Å². The fourth-order valence-corrected chi connectivity index (χ4v) is 4.59. The van der Waals surface area contributed by atoms with E-state index in [0.29, 0.717) is 6.54 Å². The van der Waals surface area contributed by atoms with E-state index in [2.05, 4.69) is 5.32 Å². The Morgan fingerprint density at radius 3 is 2.53 bits per heavy atom. The summed E-state index contributed by atoms with van der Waals surface area (Å²) >= 11 is 6.09. The standard InChI is InChI=1S/C20H30ClN3O5S/c1-20(2,3)29-19(26)22-13-15-8-6-7-11-24(15)18(25)14-9-10-16(21)17(12-14)30(27,28)23(4)5/h9-10,12,15H,6-8,11,13H2,1-5H3,(H,22,26). The first kappa shape index (κ1) is 24.4. The van der Waals surface area contributed by atoms with Crippen LogP contribution in [0.15, 0.2) is 23.1 Å². The van der Waals surface area contributed by atoms with E-state index in [1.54, 1.807) is 25.7 Å². The lowest BCUT2D eigenvalue weighted by Crippen LogP contribution is -2.50. The van der Waals surface area contributed by atoms with Crippen LogP contribution in [0, 0.1) is 0 Å². The van der Waals surface area contributed by atoms with Gasteiger partial charge in [0, 0.05) is 38.8 Å². The van der Waals surface area contributed by atoms with Gasteiger partial charge in [0.05, 0.1) is 5.02 Å². The number of carbonyl (C=O) groups is 2. The minimum Gasteiger partial charge on any atom is -0.444 e. The molecule has 0 aliphatic carbocycles. The molecular weight excluding hydrogens is 430 g/mol. The summed E-state index contributed by atoms with van der Waals surface area (Å²) in [5, 5.41) is 2.78. The highest BCUT2D eigenvalue weighted by atomic mass is 35.5. The normalized spacial score (nSPS) is 17.7. The molecule has 1 saturated heterocycles. The number of likely N-dealkylation sites (tertiary alicyclic amines) is 1. The second-order valence-corrected chi connectivity index (χ2v) is 11.0. The molecule has 1 heterocycles. The second-order valence-electron chi connectivity index (χ2n) is 8.46. The van der Waals surface area contributed by atoms with Gasteiger partial charge < -0.3 is 15.0 Å².